The van der Waals surface area contributed by atoms with Gasteiger partial charge < -0.3 is 21.1 Å². The molecule has 2 aliphatic heterocycles. The molecule has 2 aromatic rings. The SMILES string of the molecule is C/C(=C\NC(F)F)c1ccc([C@H]2N=C(N)N([C@H](COC(=O)NC3CC3)c3ccc(Cl)c(C4SC(C5CC5)N(C)N4C)c3)C2=O)cc1.CC(C)(C)C. The fourth-order valence-corrected chi connectivity index (χ4v) is 7.85. The Morgan fingerprint density at radius 2 is 1.75 bits per heavy atom. The molecule has 14 heteroatoms. The molecule has 3 fully saturated rings. The summed E-state index contributed by atoms with van der Waals surface area (Å²) in [5.74, 6) is 0.282. The van der Waals surface area contributed by atoms with Crippen molar-refractivity contribution in [3.63, 3.8) is 0 Å². The third kappa shape index (κ3) is 10.1. The number of nitrogens with two attached hydrogens (primary N) is 1. The Hall–Kier alpha value is -3.39. The molecule has 6 rings (SSSR count). The molecule has 2 heterocycles. The maximum absolute atomic E-state index is 14.0. The van der Waals surface area contributed by atoms with Crippen molar-refractivity contribution >= 4 is 46.9 Å². The van der Waals surface area contributed by atoms with Crippen LogP contribution in [0.4, 0.5) is 13.6 Å². The molecule has 0 aromatic heterocycles. The Balaban J connectivity index is 0.000000943. The van der Waals surface area contributed by atoms with Gasteiger partial charge in [0, 0.05) is 31.4 Å². The molecule has 51 heavy (non-hydrogen) atoms. The lowest BCUT2D eigenvalue weighted by atomic mass is 10.00. The van der Waals surface area contributed by atoms with E-state index in [0.29, 0.717) is 44.0 Å². The molecule has 10 nitrogen and oxygen atoms in total. The van der Waals surface area contributed by atoms with Gasteiger partial charge in [-0.05, 0) is 83.9 Å². The molecule has 0 bridgehead atoms. The molecule has 4 atom stereocenters. The Morgan fingerprint density at radius 1 is 1.10 bits per heavy atom. The molecule has 2 unspecified atom stereocenters. The molecule has 2 saturated carbocycles. The van der Waals surface area contributed by atoms with Gasteiger partial charge in [0.15, 0.2) is 12.0 Å². The first kappa shape index (κ1) is 38.8. The number of ether oxygens (including phenoxy) is 1. The van der Waals surface area contributed by atoms with Crippen LogP contribution >= 0.6 is 23.4 Å². The first-order valence-corrected chi connectivity index (χ1v) is 18.6. The number of aliphatic imine (C=N–C) groups is 1. The van der Waals surface area contributed by atoms with Gasteiger partial charge in [0.2, 0.25) is 0 Å². The number of hydrogen-bond acceptors (Lipinski definition) is 9. The van der Waals surface area contributed by atoms with Gasteiger partial charge in [0.1, 0.15) is 6.61 Å². The van der Waals surface area contributed by atoms with Gasteiger partial charge in [-0.25, -0.2) is 19.8 Å². The van der Waals surface area contributed by atoms with Gasteiger partial charge in [-0.2, -0.15) is 8.78 Å². The third-order valence-electron chi connectivity index (χ3n) is 8.84. The standard InChI is InChI=1S/C32H38ClF2N7O3S.C5H12/c1-17(15-37-30(34)35)18-4-6-19(7-5-18)26-27(43)42(31(36)39-26)25(16-45-32(44)38-22-11-12-22)21-10-13-24(33)23(14-21)29-41(3)40(2)28(46-29)20-8-9-20;1-5(2,3)4/h4-7,10,13-15,20,22,25-26,28-30,37H,8-9,11-12,16H2,1-3H3,(H2,36,39)(H,38,44);1-4H3/b17-15+;/t25-,26-,28?,29?;/m1./s1. The summed E-state index contributed by atoms with van der Waals surface area (Å²) in [4.78, 5) is 32.5. The van der Waals surface area contributed by atoms with E-state index in [0.717, 1.165) is 18.4 Å². The van der Waals surface area contributed by atoms with Gasteiger partial charge in [-0.3, -0.25) is 9.69 Å². The molecular formula is C37H50ClF2N7O3S. The van der Waals surface area contributed by atoms with Crippen LogP contribution in [0.25, 0.3) is 5.57 Å². The second-order valence-corrected chi connectivity index (χ2v) is 16.8. The van der Waals surface area contributed by atoms with Gasteiger partial charge in [0.05, 0.1) is 16.8 Å². The zero-order valence-corrected chi connectivity index (χ0v) is 31.9. The number of alkyl halides is 2. The maximum Gasteiger partial charge on any atom is 0.407 e. The third-order valence-corrected chi connectivity index (χ3v) is 11.0. The highest BCUT2D eigenvalue weighted by Gasteiger charge is 2.46. The van der Waals surface area contributed by atoms with Crippen molar-refractivity contribution in [2.75, 3.05) is 20.7 Å². The van der Waals surface area contributed by atoms with Crippen molar-refractivity contribution in [3.05, 3.63) is 75.9 Å². The van der Waals surface area contributed by atoms with Gasteiger partial charge >= 0.3 is 12.6 Å². The lowest BCUT2D eigenvalue weighted by molar-refractivity contribution is -0.129. The molecule has 4 aliphatic rings. The maximum atomic E-state index is 14.0. The Kier molecular flexibility index (Phi) is 12.3. The Labute approximate surface area is 309 Å². The molecule has 2 amide bonds. The van der Waals surface area contributed by atoms with Crippen LogP contribution in [0.2, 0.25) is 5.02 Å². The molecule has 2 aromatic carbocycles. The van der Waals surface area contributed by atoms with Crippen LogP contribution in [0, 0.1) is 11.3 Å². The fraction of sp³-hybridized carbons (Fsp3) is 0.541. The van der Waals surface area contributed by atoms with E-state index in [2.05, 4.69) is 55.1 Å². The van der Waals surface area contributed by atoms with Crippen molar-refractivity contribution in [1.82, 2.24) is 25.6 Å². The minimum Gasteiger partial charge on any atom is -0.447 e. The Morgan fingerprint density at radius 3 is 2.33 bits per heavy atom. The second-order valence-electron chi connectivity index (χ2n) is 15.2. The van der Waals surface area contributed by atoms with Crippen LogP contribution in [0.15, 0.2) is 53.7 Å². The number of benzene rings is 2. The number of guanidine groups is 1. The zero-order valence-electron chi connectivity index (χ0n) is 30.3. The average molecular weight is 746 g/mol. The van der Waals surface area contributed by atoms with Crippen LogP contribution < -0.4 is 16.4 Å². The van der Waals surface area contributed by atoms with Crippen LogP contribution in [0.5, 0.6) is 0 Å². The van der Waals surface area contributed by atoms with Crippen LogP contribution in [-0.2, 0) is 9.53 Å². The van der Waals surface area contributed by atoms with Crippen molar-refractivity contribution < 1.29 is 23.1 Å². The molecular weight excluding hydrogens is 696 g/mol. The monoisotopic (exact) mass is 745 g/mol. The highest BCUT2D eigenvalue weighted by molar-refractivity contribution is 8.00. The van der Waals surface area contributed by atoms with Crippen molar-refractivity contribution in [3.8, 4) is 0 Å². The first-order chi connectivity index (χ1) is 24.0. The summed E-state index contributed by atoms with van der Waals surface area (Å²) in [7, 11) is 4.14. The number of hydrogen-bond donors (Lipinski definition) is 3. The van der Waals surface area contributed by atoms with E-state index in [1.165, 1.54) is 23.9 Å². The number of halogens is 3. The average Bonchev–Trinajstić information content (AvgIpc) is 4.00. The summed E-state index contributed by atoms with van der Waals surface area (Å²) in [6.45, 7) is 7.65. The number of thioether (sulfide) groups is 1. The molecule has 278 valence electrons. The summed E-state index contributed by atoms with van der Waals surface area (Å²) >= 11 is 8.64. The predicted molar refractivity (Wildman–Crippen MR) is 200 cm³/mol. The highest BCUT2D eigenvalue weighted by atomic mass is 35.5. The van der Waals surface area contributed by atoms with E-state index in [1.54, 1.807) is 31.2 Å². The van der Waals surface area contributed by atoms with E-state index in [9.17, 15) is 18.4 Å². The van der Waals surface area contributed by atoms with E-state index in [-0.39, 0.29) is 29.9 Å². The van der Waals surface area contributed by atoms with Crippen LogP contribution in [0.3, 0.4) is 0 Å². The van der Waals surface area contributed by atoms with Crippen molar-refractivity contribution in [1.29, 1.82) is 0 Å². The molecule has 4 N–H and O–H groups in total. The number of allylic oxidation sites excluding steroid dienone is 1. The molecule has 1 saturated heterocycles. The fourth-order valence-electron chi connectivity index (χ4n) is 5.82. The zero-order chi connectivity index (χ0) is 37.2. The van der Waals surface area contributed by atoms with Gasteiger partial charge in [-0.15, -0.1) is 11.8 Å². The van der Waals surface area contributed by atoms with E-state index >= 15 is 0 Å². The second kappa shape index (κ2) is 16.1. The van der Waals surface area contributed by atoms with E-state index in [4.69, 9.17) is 22.1 Å². The van der Waals surface area contributed by atoms with Crippen LogP contribution in [0.1, 0.15) is 100 Å². The molecule has 0 radical (unpaired) electrons. The number of nitrogens with one attached hydrogen (secondary N) is 2. The largest absolute Gasteiger partial charge is 0.447 e. The first-order valence-electron chi connectivity index (χ1n) is 17.3. The van der Waals surface area contributed by atoms with Gasteiger partial charge in [-0.1, -0.05) is 69.6 Å². The van der Waals surface area contributed by atoms with Crippen LogP contribution in [-0.4, -0.2) is 71.5 Å². The Bertz CT molecular complexity index is 1620. The number of nitrogens with zero attached hydrogens (tertiary/aromatic N) is 4. The minimum absolute atomic E-state index is 0.00452. The summed E-state index contributed by atoms with van der Waals surface area (Å²) in [6.07, 6.45) is 4.93. The van der Waals surface area contributed by atoms with E-state index in [1.807, 2.05) is 42.3 Å². The number of alkyl carbamates (subject to hydrolysis) is 1. The molecule has 0 spiro atoms. The predicted octanol–water partition coefficient (Wildman–Crippen LogP) is 7.65. The molecule has 2 aliphatic carbocycles. The number of amides is 2. The minimum atomic E-state index is -2.67. The van der Waals surface area contributed by atoms with Crippen molar-refractivity contribution in [2.24, 2.45) is 22.1 Å². The van der Waals surface area contributed by atoms with Crippen molar-refractivity contribution in [2.45, 2.75) is 95.7 Å². The summed E-state index contributed by atoms with van der Waals surface area (Å²) in [5, 5.41) is 10.2. The number of carbonyl (C=O) groups excluding carboxylic acids is 2. The number of rotatable bonds is 11. The highest BCUT2D eigenvalue weighted by Crippen LogP contribution is 2.53. The normalized spacial score (nSPS) is 23.5. The number of hydrazine groups is 1. The number of carbonyl (C=O) groups is 2. The lowest BCUT2D eigenvalue weighted by Crippen LogP contribution is -2.43. The van der Waals surface area contributed by atoms with Gasteiger partial charge in [0.25, 0.3) is 5.91 Å². The van der Waals surface area contributed by atoms with E-state index < -0.39 is 24.7 Å². The quantitative estimate of drug-likeness (QED) is 0.201. The lowest BCUT2D eigenvalue weighted by Gasteiger charge is -2.30. The topological polar surface area (TPSA) is 116 Å². The smallest absolute Gasteiger partial charge is 0.407 e. The summed E-state index contributed by atoms with van der Waals surface area (Å²) in [5.41, 5.74) is 10.4. The summed E-state index contributed by atoms with van der Waals surface area (Å²) in [6, 6.07) is 11.0. The summed E-state index contributed by atoms with van der Waals surface area (Å²) < 4.78 is 30.8.